The summed E-state index contributed by atoms with van der Waals surface area (Å²) < 4.78 is 1.82. The molecule has 21 heavy (non-hydrogen) atoms. The Morgan fingerprint density at radius 3 is 2.90 bits per heavy atom. The van der Waals surface area contributed by atoms with E-state index < -0.39 is 11.9 Å². The van der Waals surface area contributed by atoms with Gasteiger partial charge in [0, 0.05) is 30.2 Å². The third kappa shape index (κ3) is 2.72. The highest BCUT2D eigenvalue weighted by molar-refractivity contribution is 7.15. The van der Waals surface area contributed by atoms with E-state index >= 15 is 0 Å². The maximum absolute atomic E-state index is 11.9. The second-order valence-electron chi connectivity index (χ2n) is 4.11. The maximum atomic E-state index is 11.9. The van der Waals surface area contributed by atoms with Crippen molar-refractivity contribution in [3.8, 4) is 0 Å². The number of anilines is 1. The zero-order chi connectivity index (χ0) is 14.8. The van der Waals surface area contributed by atoms with Crippen molar-refractivity contribution in [1.82, 2.24) is 19.4 Å². The summed E-state index contributed by atoms with van der Waals surface area (Å²) in [6.45, 7) is 0. The molecule has 0 aromatic carbocycles. The molecule has 0 saturated carbocycles. The molecular weight excluding hydrogens is 294 g/mol. The fourth-order valence-electron chi connectivity index (χ4n) is 1.79. The Morgan fingerprint density at radius 1 is 1.33 bits per heavy atom. The molecule has 0 aliphatic carbocycles. The Kier molecular flexibility index (Phi) is 3.32. The van der Waals surface area contributed by atoms with E-state index in [0.29, 0.717) is 5.69 Å². The molecular formula is C12H9N5O3S. The van der Waals surface area contributed by atoms with Crippen LogP contribution in [0, 0.1) is 0 Å². The first kappa shape index (κ1) is 13.2. The number of thiazole rings is 1. The van der Waals surface area contributed by atoms with Crippen LogP contribution < -0.4 is 5.32 Å². The van der Waals surface area contributed by atoms with Gasteiger partial charge >= 0.3 is 5.97 Å². The summed E-state index contributed by atoms with van der Waals surface area (Å²) in [5.41, 5.74) is 0.303. The summed E-state index contributed by atoms with van der Waals surface area (Å²) in [7, 11) is 0. The van der Waals surface area contributed by atoms with Crippen LogP contribution in [0.15, 0.2) is 30.2 Å². The number of carboxylic acid groups (broad SMARTS) is 1. The number of aromatic carboxylic acids is 1. The number of imidazole rings is 1. The van der Waals surface area contributed by atoms with Crippen molar-refractivity contribution in [3.05, 3.63) is 41.6 Å². The zero-order valence-electron chi connectivity index (χ0n) is 10.6. The first-order valence-corrected chi connectivity index (χ1v) is 6.76. The Hall–Kier alpha value is -2.81. The van der Waals surface area contributed by atoms with E-state index in [0.717, 1.165) is 4.96 Å². The summed E-state index contributed by atoms with van der Waals surface area (Å²) in [5.74, 6) is -1.72. The Balaban J connectivity index is 1.75. The molecule has 1 amide bonds. The number of carboxylic acids is 1. The number of nitrogens with one attached hydrogen (secondary N) is 1. The molecule has 0 aliphatic heterocycles. The highest BCUT2D eigenvalue weighted by Crippen LogP contribution is 2.13. The fourth-order valence-corrected chi connectivity index (χ4v) is 2.51. The molecule has 2 N–H and O–H groups in total. The van der Waals surface area contributed by atoms with Crippen molar-refractivity contribution in [2.24, 2.45) is 0 Å². The van der Waals surface area contributed by atoms with E-state index in [1.807, 2.05) is 16.0 Å². The molecule has 3 aromatic heterocycles. The van der Waals surface area contributed by atoms with Crippen molar-refractivity contribution in [3.63, 3.8) is 0 Å². The SMILES string of the molecule is O=C(Cc1cn2ccsc2n1)Nc1nccnc1C(=O)O. The predicted molar refractivity (Wildman–Crippen MR) is 74.4 cm³/mol. The molecule has 0 spiro atoms. The van der Waals surface area contributed by atoms with E-state index in [9.17, 15) is 9.59 Å². The first-order chi connectivity index (χ1) is 10.1. The van der Waals surface area contributed by atoms with Gasteiger partial charge in [-0.05, 0) is 0 Å². The quantitative estimate of drug-likeness (QED) is 0.746. The smallest absolute Gasteiger partial charge is 0.358 e. The van der Waals surface area contributed by atoms with Crippen LogP contribution in [0.5, 0.6) is 0 Å². The second-order valence-corrected chi connectivity index (χ2v) is 4.98. The summed E-state index contributed by atoms with van der Waals surface area (Å²) in [6, 6.07) is 0. The van der Waals surface area contributed by atoms with Crippen LogP contribution in [0.2, 0.25) is 0 Å². The molecule has 3 rings (SSSR count). The molecule has 8 nitrogen and oxygen atoms in total. The van der Waals surface area contributed by atoms with Gasteiger partial charge in [-0.15, -0.1) is 11.3 Å². The predicted octanol–water partition coefficient (Wildman–Crippen LogP) is 1.07. The van der Waals surface area contributed by atoms with Gasteiger partial charge in [0.1, 0.15) is 0 Å². The topological polar surface area (TPSA) is 109 Å². The minimum atomic E-state index is -1.25. The summed E-state index contributed by atoms with van der Waals surface area (Å²) >= 11 is 1.47. The number of carbonyl (C=O) groups is 2. The number of hydrogen-bond donors (Lipinski definition) is 2. The van der Waals surface area contributed by atoms with Crippen molar-refractivity contribution >= 4 is 34.0 Å². The number of aromatic nitrogens is 4. The van der Waals surface area contributed by atoms with Crippen molar-refractivity contribution in [2.75, 3.05) is 5.32 Å². The molecule has 106 valence electrons. The molecule has 0 aliphatic rings. The van der Waals surface area contributed by atoms with Crippen LogP contribution in [0.1, 0.15) is 16.2 Å². The van der Waals surface area contributed by atoms with Gasteiger partial charge in [-0.3, -0.25) is 9.20 Å². The lowest BCUT2D eigenvalue weighted by molar-refractivity contribution is -0.115. The number of carbonyl (C=O) groups excluding carboxylic acids is 1. The number of rotatable bonds is 4. The number of hydrogen-bond acceptors (Lipinski definition) is 6. The minimum absolute atomic E-state index is 0.0318. The molecule has 0 fully saturated rings. The molecule has 0 unspecified atom stereocenters. The highest BCUT2D eigenvalue weighted by Gasteiger charge is 2.16. The van der Waals surface area contributed by atoms with E-state index in [1.165, 1.54) is 23.7 Å². The molecule has 3 heterocycles. The van der Waals surface area contributed by atoms with Crippen LogP contribution in [0.3, 0.4) is 0 Å². The van der Waals surface area contributed by atoms with Gasteiger partial charge in [-0.1, -0.05) is 0 Å². The van der Waals surface area contributed by atoms with Crippen LogP contribution in [0.25, 0.3) is 4.96 Å². The van der Waals surface area contributed by atoms with Crippen LogP contribution in [0.4, 0.5) is 5.82 Å². The molecule has 0 bridgehead atoms. The van der Waals surface area contributed by atoms with E-state index in [4.69, 9.17) is 5.11 Å². The maximum Gasteiger partial charge on any atom is 0.358 e. The lowest BCUT2D eigenvalue weighted by atomic mass is 10.3. The van der Waals surface area contributed by atoms with Crippen molar-refractivity contribution < 1.29 is 14.7 Å². The van der Waals surface area contributed by atoms with Gasteiger partial charge < -0.3 is 10.4 Å². The van der Waals surface area contributed by atoms with Gasteiger partial charge in [0.2, 0.25) is 5.91 Å². The largest absolute Gasteiger partial charge is 0.476 e. The van der Waals surface area contributed by atoms with E-state index in [1.54, 1.807) is 6.20 Å². The Morgan fingerprint density at radius 2 is 2.14 bits per heavy atom. The molecule has 3 aromatic rings. The van der Waals surface area contributed by atoms with E-state index in [2.05, 4.69) is 20.3 Å². The average molecular weight is 303 g/mol. The second kappa shape index (κ2) is 5.29. The van der Waals surface area contributed by atoms with Crippen LogP contribution in [-0.4, -0.2) is 36.3 Å². The summed E-state index contributed by atoms with van der Waals surface area (Å²) in [4.78, 5) is 35.5. The summed E-state index contributed by atoms with van der Waals surface area (Å²) in [6.07, 6.45) is 6.20. The number of amides is 1. The van der Waals surface area contributed by atoms with E-state index in [-0.39, 0.29) is 17.9 Å². The van der Waals surface area contributed by atoms with Crippen LogP contribution >= 0.6 is 11.3 Å². The van der Waals surface area contributed by atoms with Gasteiger partial charge in [0.05, 0.1) is 12.1 Å². The molecule has 9 heteroatoms. The molecule has 0 saturated heterocycles. The van der Waals surface area contributed by atoms with Crippen molar-refractivity contribution in [1.29, 1.82) is 0 Å². The van der Waals surface area contributed by atoms with Crippen LogP contribution in [-0.2, 0) is 11.2 Å². The van der Waals surface area contributed by atoms with Gasteiger partial charge in [0.25, 0.3) is 0 Å². The molecule has 0 radical (unpaired) electrons. The highest BCUT2D eigenvalue weighted by atomic mass is 32.1. The third-order valence-electron chi connectivity index (χ3n) is 2.64. The number of fused-ring (bicyclic) bond motifs is 1. The normalized spacial score (nSPS) is 10.7. The molecule has 0 atom stereocenters. The Bertz CT molecular complexity index is 797. The lowest BCUT2D eigenvalue weighted by Gasteiger charge is -2.05. The monoisotopic (exact) mass is 303 g/mol. The minimum Gasteiger partial charge on any atom is -0.476 e. The zero-order valence-corrected chi connectivity index (χ0v) is 11.4. The van der Waals surface area contributed by atoms with Crippen molar-refractivity contribution in [2.45, 2.75) is 6.42 Å². The average Bonchev–Trinajstić information content (AvgIpc) is 2.99. The third-order valence-corrected chi connectivity index (χ3v) is 3.41. The van der Waals surface area contributed by atoms with Gasteiger partial charge in [-0.2, -0.15) is 0 Å². The standard InChI is InChI=1S/C12H9N5O3S/c18-8(5-7-6-17-3-4-21-12(17)15-7)16-10-9(11(19)20)13-1-2-14-10/h1-4,6H,5H2,(H,19,20)(H,14,16,18). The number of nitrogens with zero attached hydrogens (tertiary/aromatic N) is 4. The summed E-state index contributed by atoms with van der Waals surface area (Å²) in [5, 5.41) is 13.3. The fraction of sp³-hybridized carbons (Fsp3) is 0.0833. The van der Waals surface area contributed by atoms with Gasteiger partial charge in [0.15, 0.2) is 16.5 Å². The van der Waals surface area contributed by atoms with Gasteiger partial charge in [-0.25, -0.2) is 19.7 Å². The lowest BCUT2D eigenvalue weighted by Crippen LogP contribution is -2.18. The Labute approximate surface area is 122 Å². The first-order valence-electron chi connectivity index (χ1n) is 5.88.